The Kier molecular flexibility index (Phi) is 6.05. The Balaban J connectivity index is 1.88. The van der Waals surface area contributed by atoms with Gasteiger partial charge in [-0.2, -0.15) is 18.3 Å². The van der Waals surface area contributed by atoms with E-state index in [2.05, 4.69) is 10.1 Å². The van der Waals surface area contributed by atoms with Crippen molar-refractivity contribution in [2.75, 3.05) is 0 Å². The van der Waals surface area contributed by atoms with Gasteiger partial charge in [-0.05, 0) is 41.8 Å². The quantitative estimate of drug-likeness (QED) is 0.447. The van der Waals surface area contributed by atoms with Crippen LogP contribution in [-0.4, -0.2) is 23.2 Å². The number of alkyl halides is 3. The van der Waals surface area contributed by atoms with Crippen LogP contribution >= 0.6 is 0 Å². The van der Waals surface area contributed by atoms with Crippen LogP contribution in [0.15, 0.2) is 84.0 Å². The SMILES string of the molecule is NS(=O)(=O)c1ccc(-c2nn(CCc3ccccc3)c(C(F)(F)F)c2-c2ccncc2)cc1. The highest BCUT2D eigenvalue weighted by Gasteiger charge is 2.40. The minimum atomic E-state index is -4.68. The van der Waals surface area contributed by atoms with Crippen LogP contribution in [0.2, 0.25) is 0 Å². The van der Waals surface area contributed by atoms with Gasteiger partial charge in [0.05, 0.1) is 4.90 Å². The van der Waals surface area contributed by atoms with Crippen LogP contribution in [0.25, 0.3) is 22.4 Å². The molecule has 2 aromatic heterocycles. The highest BCUT2D eigenvalue weighted by atomic mass is 32.2. The highest BCUT2D eigenvalue weighted by molar-refractivity contribution is 7.89. The van der Waals surface area contributed by atoms with Crippen molar-refractivity contribution < 1.29 is 21.6 Å². The number of primary sulfonamides is 1. The normalized spacial score (nSPS) is 12.1. The average molecular weight is 472 g/mol. The molecular weight excluding hydrogens is 453 g/mol. The minimum absolute atomic E-state index is 0.00615. The first-order valence-corrected chi connectivity index (χ1v) is 11.4. The number of pyridine rings is 1. The van der Waals surface area contributed by atoms with Gasteiger partial charge in [-0.15, -0.1) is 0 Å². The van der Waals surface area contributed by atoms with Crippen molar-refractivity contribution in [2.24, 2.45) is 5.14 Å². The Hall–Kier alpha value is -3.50. The summed E-state index contributed by atoms with van der Waals surface area (Å²) in [6.45, 7) is 0.00615. The van der Waals surface area contributed by atoms with Crippen molar-refractivity contribution >= 4 is 10.0 Å². The van der Waals surface area contributed by atoms with E-state index in [-0.39, 0.29) is 22.7 Å². The molecule has 0 aliphatic rings. The van der Waals surface area contributed by atoms with E-state index in [9.17, 15) is 21.6 Å². The van der Waals surface area contributed by atoms with Crippen LogP contribution in [0, 0.1) is 0 Å². The lowest BCUT2D eigenvalue weighted by atomic mass is 9.99. The van der Waals surface area contributed by atoms with Crippen LogP contribution in [0.1, 0.15) is 11.3 Å². The van der Waals surface area contributed by atoms with Crippen molar-refractivity contribution in [3.63, 3.8) is 0 Å². The smallest absolute Gasteiger partial charge is 0.265 e. The molecule has 0 aliphatic heterocycles. The number of benzene rings is 2. The van der Waals surface area contributed by atoms with E-state index in [1.54, 1.807) is 0 Å². The summed E-state index contributed by atoms with van der Waals surface area (Å²) in [6.07, 6.45) is -1.51. The number of aryl methyl sites for hydroxylation is 2. The predicted octanol–water partition coefficient (Wildman–Crippen LogP) is 4.52. The fourth-order valence-electron chi connectivity index (χ4n) is 3.59. The number of nitrogens with two attached hydrogens (primary N) is 1. The maximum atomic E-state index is 14.3. The second kappa shape index (κ2) is 8.80. The van der Waals surface area contributed by atoms with Crippen molar-refractivity contribution in [3.8, 4) is 22.4 Å². The Morgan fingerprint density at radius 1 is 0.879 bits per heavy atom. The molecule has 0 fully saturated rings. The predicted molar refractivity (Wildman–Crippen MR) is 117 cm³/mol. The van der Waals surface area contributed by atoms with Crippen LogP contribution in [0.5, 0.6) is 0 Å². The van der Waals surface area contributed by atoms with Gasteiger partial charge >= 0.3 is 6.18 Å². The first-order valence-electron chi connectivity index (χ1n) is 9.90. The molecule has 4 rings (SSSR count). The summed E-state index contributed by atoms with van der Waals surface area (Å²) in [5.41, 5.74) is 0.622. The van der Waals surface area contributed by atoms with Gasteiger partial charge < -0.3 is 0 Å². The number of hydrogen-bond donors (Lipinski definition) is 1. The molecule has 2 heterocycles. The maximum absolute atomic E-state index is 14.3. The molecule has 0 bridgehead atoms. The number of nitrogens with zero attached hydrogens (tertiary/aromatic N) is 3. The maximum Gasteiger partial charge on any atom is 0.433 e. The Bertz CT molecular complexity index is 1350. The van der Waals surface area contributed by atoms with Crippen molar-refractivity contribution in [3.05, 3.63) is 90.4 Å². The van der Waals surface area contributed by atoms with Crippen LogP contribution in [0.4, 0.5) is 13.2 Å². The third kappa shape index (κ3) is 4.96. The highest BCUT2D eigenvalue weighted by Crippen LogP contribution is 2.42. The minimum Gasteiger partial charge on any atom is -0.265 e. The summed E-state index contributed by atoms with van der Waals surface area (Å²) in [4.78, 5) is 3.76. The molecule has 0 unspecified atom stereocenters. The third-order valence-electron chi connectivity index (χ3n) is 5.10. The third-order valence-corrected chi connectivity index (χ3v) is 6.03. The molecule has 2 N–H and O–H groups in total. The zero-order valence-electron chi connectivity index (χ0n) is 17.2. The zero-order chi connectivity index (χ0) is 23.6. The van der Waals surface area contributed by atoms with E-state index >= 15 is 0 Å². The van der Waals surface area contributed by atoms with Gasteiger partial charge in [0.1, 0.15) is 5.69 Å². The number of aromatic nitrogens is 3. The molecule has 0 amide bonds. The van der Waals surface area contributed by atoms with Gasteiger partial charge in [0.2, 0.25) is 10.0 Å². The average Bonchev–Trinajstić information content (AvgIpc) is 3.19. The molecule has 0 aliphatic carbocycles. The van der Waals surface area contributed by atoms with E-state index in [1.165, 1.54) is 48.8 Å². The first-order chi connectivity index (χ1) is 15.6. The van der Waals surface area contributed by atoms with Gasteiger partial charge in [0.25, 0.3) is 0 Å². The van der Waals surface area contributed by atoms with Gasteiger partial charge in [-0.25, -0.2) is 13.6 Å². The molecule has 6 nitrogen and oxygen atoms in total. The Morgan fingerprint density at radius 3 is 2.09 bits per heavy atom. The van der Waals surface area contributed by atoms with Gasteiger partial charge in [0, 0.05) is 30.1 Å². The summed E-state index contributed by atoms with van der Waals surface area (Å²) in [7, 11) is -3.94. The molecule has 0 radical (unpaired) electrons. The molecule has 33 heavy (non-hydrogen) atoms. The number of hydrogen-bond acceptors (Lipinski definition) is 4. The van der Waals surface area contributed by atoms with Crippen molar-refractivity contribution in [1.29, 1.82) is 0 Å². The second-order valence-corrected chi connectivity index (χ2v) is 8.90. The van der Waals surface area contributed by atoms with Gasteiger partial charge in [-0.3, -0.25) is 9.67 Å². The van der Waals surface area contributed by atoms with Crippen LogP contribution in [0.3, 0.4) is 0 Å². The Labute approximate surface area is 188 Å². The fraction of sp³-hybridized carbons (Fsp3) is 0.130. The number of rotatable bonds is 6. The monoisotopic (exact) mass is 472 g/mol. The van der Waals surface area contributed by atoms with E-state index in [1.807, 2.05) is 30.3 Å². The summed E-state index contributed by atoms with van der Waals surface area (Å²) < 4.78 is 67.0. The summed E-state index contributed by atoms with van der Waals surface area (Å²) in [6, 6.07) is 17.4. The van der Waals surface area contributed by atoms with E-state index in [4.69, 9.17) is 5.14 Å². The van der Waals surface area contributed by atoms with Crippen molar-refractivity contribution in [1.82, 2.24) is 14.8 Å². The van der Waals surface area contributed by atoms with E-state index < -0.39 is 21.9 Å². The lowest BCUT2D eigenvalue weighted by Crippen LogP contribution is -2.16. The molecular formula is C23H19F3N4O2S. The molecule has 2 aromatic carbocycles. The molecule has 170 valence electrons. The molecule has 0 saturated carbocycles. The number of halogens is 3. The lowest BCUT2D eigenvalue weighted by Gasteiger charge is -2.13. The lowest BCUT2D eigenvalue weighted by molar-refractivity contribution is -0.143. The summed E-state index contributed by atoms with van der Waals surface area (Å²) >= 11 is 0. The largest absolute Gasteiger partial charge is 0.433 e. The zero-order valence-corrected chi connectivity index (χ0v) is 18.0. The topological polar surface area (TPSA) is 90.9 Å². The van der Waals surface area contributed by atoms with Crippen molar-refractivity contribution in [2.45, 2.75) is 24.0 Å². The molecule has 10 heteroatoms. The fourth-order valence-corrected chi connectivity index (χ4v) is 4.10. The molecule has 0 saturated heterocycles. The standard InChI is InChI=1S/C23H19F3N4O2S/c24-23(25,26)22-20(17-10-13-28-14-11-17)21(18-6-8-19(9-7-18)33(27,31)32)29-30(22)15-12-16-4-2-1-3-5-16/h1-11,13-14H,12,15H2,(H2,27,31,32). The Morgan fingerprint density at radius 2 is 1.52 bits per heavy atom. The van der Waals surface area contributed by atoms with Crippen LogP contribution in [-0.2, 0) is 29.2 Å². The molecule has 0 spiro atoms. The molecule has 0 atom stereocenters. The van der Waals surface area contributed by atoms with E-state index in [0.717, 1.165) is 10.2 Å². The van der Waals surface area contributed by atoms with Gasteiger partial charge in [-0.1, -0.05) is 42.5 Å². The second-order valence-electron chi connectivity index (χ2n) is 7.33. The molecule has 4 aromatic rings. The van der Waals surface area contributed by atoms with Crippen LogP contribution < -0.4 is 5.14 Å². The van der Waals surface area contributed by atoms with Gasteiger partial charge in [0.15, 0.2) is 5.69 Å². The summed E-state index contributed by atoms with van der Waals surface area (Å²) in [5.74, 6) is 0. The number of sulfonamides is 1. The first kappa shape index (κ1) is 22.7. The van der Waals surface area contributed by atoms with E-state index in [0.29, 0.717) is 17.5 Å². The summed E-state index contributed by atoms with van der Waals surface area (Å²) in [5, 5.41) is 9.47.